The Morgan fingerprint density at radius 3 is 2.63 bits per heavy atom. The van der Waals surface area contributed by atoms with Crippen LogP contribution >= 0.6 is 0 Å². The number of rotatable bonds is 11. The summed E-state index contributed by atoms with van der Waals surface area (Å²) in [6.07, 6.45) is 16.6. The lowest BCUT2D eigenvalue weighted by Crippen LogP contribution is -2.47. The highest BCUT2D eigenvalue weighted by atomic mass is 16.3. The van der Waals surface area contributed by atoms with Gasteiger partial charge in [-0.2, -0.15) is 0 Å². The molecule has 2 N–H and O–H groups in total. The second kappa shape index (κ2) is 13.2. The van der Waals surface area contributed by atoms with Crippen molar-refractivity contribution in [3.05, 3.63) is 70.8 Å². The third kappa shape index (κ3) is 6.43. The average Bonchev–Trinajstić information content (AvgIpc) is 3.28. The van der Waals surface area contributed by atoms with Gasteiger partial charge in [0.05, 0.1) is 6.10 Å². The van der Waals surface area contributed by atoms with E-state index < -0.39 is 0 Å². The normalized spacial score (nSPS) is 28.7. The maximum atomic E-state index is 12.2. The summed E-state index contributed by atoms with van der Waals surface area (Å²) in [6, 6.07) is 15.2. The molecule has 0 aliphatic heterocycles. The van der Waals surface area contributed by atoms with E-state index in [0.717, 1.165) is 77.2 Å². The molecule has 3 aliphatic rings. The summed E-state index contributed by atoms with van der Waals surface area (Å²) in [5.41, 5.74) is 5.32. The summed E-state index contributed by atoms with van der Waals surface area (Å²) in [5, 5.41) is 21.3. The number of allylic oxidation sites excluding steroid dienone is 1. The quantitative estimate of drug-likeness (QED) is 0.274. The summed E-state index contributed by atoms with van der Waals surface area (Å²) in [5.74, 6) is 2.62. The molecular formula is C37H51NO3. The van der Waals surface area contributed by atoms with E-state index in [2.05, 4.69) is 56.3 Å². The summed E-state index contributed by atoms with van der Waals surface area (Å²) in [4.78, 5) is 14.1. The van der Waals surface area contributed by atoms with Crippen LogP contribution in [-0.4, -0.2) is 40.7 Å². The van der Waals surface area contributed by atoms with Crippen molar-refractivity contribution in [2.45, 2.75) is 109 Å². The van der Waals surface area contributed by atoms with Crippen LogP contribution in [0.25, 0.3) is 6.08 Å². The number of aliphatic hydroxyl groups excluding tert-OH is 1. The van der Waals surface area contributed by atoms with Gasteiger partial charge in [-0.15, -0.1) is 0 Å². The first-order valence-electron chi connectivity index (χ1n) is 16.3. The average molecular weight is 558 g/mol. The molecule has 4 heteroatoms. The fourth-order valence-corrected chi connectivity index (χ4v) is 8.49. The van der Waals surface area contributed by atoms with Crippen LogP contribution in [-0.2, 0) is 11.2 Å². The number of nitrogens with zero attached hydrogens (tertiary/aromatic N) is 1. The highest BCUT2D eigenvalue weighted by Gasteiger charge is 2.57. The molecule has 1 amide bonds. The predicted octanol–water partition coefficient (Wildman–Crippen LogP) is 8.23. The molecule has 2 saturated carbocycles. The number of hydrogen-bond acceptors (Lipinski definition) is 3. The van der Waals surface area contributed by atoms with E-state index in [1.54, 1.807) is 0 Å². The zero-order valence-corrected chi connectivity index (χ0v) is 25.5. The van der Waals surface area contributed by atoms with Crippen molar-refractivity contribution in [2.24, 2.45) is 17.3 Å². The number of unbranched alkanes of at least 4 members (excludes halogenated alkanes) is 4. The van der Waals surface area contributed by atoms with Crippen molar-refractivity contribution >= 4 is 12.0 Å². The molecule has 2 aromatic carbocycles. The van der Waals surface area contributed by atoms with E-state index in [1.165, 1.54) is 22.3 Å². The number of benzene rings is 2. The van der Waals surface area contributed by atoms with Gasteiger partial charge < -0.3 is 15.1 Å². The number of carbonyl (C=O) groups is 1. The first-order valence-corrected chi connectivity index (χ1v) is 16.3. The SMILES string of the molecule is CCCCN(C)C(=O)CCCCC/C=C\c1ccc([C@H]2C[C@]3(C)[C@@H](O)CC[C@H]3[C@@H]3CCc4cc(O)ccc4[C@H]32)cc1. The number of phenols is 1. The third-order valence-electron chi connectivity index (χ3n) is 10.9. The van der Waals surface area contributed by atoms with Gasteiger partial charge in [-0.1, -0.05) is 69.2 Å². The van der Waals surface area contributed by atoms with Gasteiger partial charge in [-0.3, -0.25) is 4.79 Å². The predicted molar refractivity (Wildman–Crippen MR) is 168 cm³/mol. The molecule has 2 aromatic rings. The Kier molecular flexibility index (Phi) is 9.59. The van der Waals surface area contributed by atoms with Crippen molar-refractivity contribution in [3.8, 4) is 5.75 Å². The van der Waals surface area contributed by atoms with Crippen LogP contribution in [0.3, 0.4) is 0 Å². The number of fused-ring (bicyclic) bond motifs is 5. The van der Waals surface area contributed by atoms with Gasteiger partial charge >= 0.3 is 0 Å². The van der Waals surface area contributed by atoms with Crippen LogP contribution in [0.2, 0.25) is 0 Å². The van der Waals surface area contributed by atoms with Crippen LogP contribution < -0.4 is 0 Å². The zero-order valence-electron chi connectivity index (χ0n) is 25.5. The summed E-state index contributed by atoms with van der Waals surface area (Å²) < 4.78 is 0. The monoisotopic (exact) mass is 557 g/mol. The Morgan fingerprint density at radius 1 is 1.05 bits per heavy atom. The molecule has 3 aliphatic carbocycles. The smallest absolute Gasteiger partial charge is 0.222 e. The Balaban J connectivity index is 1.21. The molecule has 0 bridgehead atoms. The molecule has 2 fully saturated rings. The molecule has 0 radical (unpaired) electrons. The van der Waals surface area contributed by atoms with E-state index in [0.29, 0.717) is 35.8 Å². The standard InChI is InChI=1S/C37H51NO3/c1-4-5-23-38(3)35(41)12-10-8-6-7-9-11-26-13-15-27(16-14-26)32-25-37(2)33(21-22-34(37)40)31-19-17-28-24-29(39)18-20-30(28)36(31)32/h9,11,13-16,18,20,24,31-34,36,39-40H,4-8,10,12,17,19,21-23,25H2,1-3H3/b11-9-/t31-,32+,33-,34-,36+,37-/m0/s1. The summed E-state index contributed by atoms with van der Waals surface area (Å²) >= 11 is 0. The molecule has 4 nitrogen and oxygen atoms in total. The first kappa shape index (κ1) is 29.9. The summed E-state index contributed by atoms with van der Waals surface area (Å²) in [7, 11) is 1.92. The van der Waals surface area contributed by atoms with Crippen LogP contribution in [0.5, 0.6) is 5.75 Å². The molecule has 5 rings (SSSR count). The van der Waals surface area contributed by atoms with Crippen LogP contribution in [0.15, 0.2) is 48.5 Å². The van der Waals surface area contributed by atoms with Crippen LogP contribution in [0.1, 0.15) is 119 Å². The maximum Gasteiger partial charge on any atom is 0.222 e. The topological polar surface area (TPSA) is 60.8 Å². The number of aromatic hydroxyl groups is 1. The molecule has 0 spiro atoms. The van der Waals surface area contributed by atoms with Gasteiger partial charge in [0.25, 0.3) is 0 Å². The first-order chi connectivity index (χ1) is 19.8. The molecule has 0 unspecified atom stereocenters. The maximum absolute atomic E-state index is 12.2. The lowest BCUT2D eigenvalue weighted by Gasteiger charge is -2.54. The molecular weight excluding hydrogens is 506 g/mol. The zero-order chi connectivity index (χ0) is 29.0. The van der Waals surface area contributed by atoms with Gasteiger partial charge in [0.15, 0.2) is 0 Å². The van der Waals surface area contributed by atoms with Crippen molar-refractivity contribution in [1.82, 2.24) is 4.90 Å². The Hall–Kier alpha value is -2.59. The number of amides is 1. The number of hydrogen-bond donors (Lipinski definition) is 2. The van der Waals surface area contributed by atoms with Crippen LogP contribution in [0, 0.1) is 17.3 Å². The lowest BCUT2D eigenvalue weighted by molar-refractivity contribution is -0.130. The third-order valence-corrected chi connectivity index (χ3v) is 10.9. The molecule has 0 saturated heterocycles. The molecule has 6 atom stereocenters. The second-order valence-electron chi connectivity index (χ2n) is 13.5. The lowest BCUT2D eigenvalue weighted by atomic mass is 9.51. The Labute approximate surface area is 247 Å². The van der Waals surface area contributed by atoms with Gasteiger partial charge in [0.1, 0.15) is 5.75 Å². The van der Waals surface area contributed by atoms with Gasteiger partial charge in [0.2, 0.25) is 5.91 Å². The number of carbonyl (C=O) groups excluding carboxylic acids is 1. The minimum absolute atomic E-state index is 0.0195. The minimum Gasteiger partial charge on any atom is -0.508 e. The van der Waals surface area contributed by atoms with E-state index >= 15 is 0 Å². The molecule has 41 heavy (non-hydrogen) atoms. The van der Waals surface area contributed by atoms with E-state index in [-0.39, 0.29) is 17.4 Å². The van der Waals surface area contributed by atoms with E-state index in [9.17, 15) is 15.0 Å². The molecule has 222 valence electrons. The number of aryl methyl sites for hydroxylation is 1. The van der Waals surface area contributed by atoms with Gasteiger partial charge in [-0.25, -0.2) is 0 Å². The van der Waals surface area contributed by atoms with Crippen LogP contribution in [0.4, 0.5) is 0 Å². The van der Waals surface area contributed by atoms with E-state index in [4.69, 9.17) is 0 Å². The van der Waals surface area contributed by atoms with Crippen molar-refractivity contribution in [2.75, 3.05) is 13.6 Å². The second-order valence-corrected chi connectivity index (χ2v) is 13.5. The largest absolute Gasteiger partial charge is 0.508 e. The molecule has 0 aromatic heterocycles. The highest BCUT2D eigenvalue weighted by Crippen LogP contribution is 2.65. The van der Waals surface area contributed by atoms with Gasteiger partial charge in [-0.05, 0) is 121 Å². The van der Waals surface area contributed by atoms with Crippen molar-refractivity contribution in [1.29, 1.82) is 0 Å². The number of aliphatic hydroxyl groups is 1. The Morgan fingerprint density at radius 2 is 1.85 bits per heavy atom. The minimum atomic E-state index is -0.209. The van der Waals surface area contributed by atoms with Crippen molar-refractivity contribution < 1.29 is 15.0 Å². The summed E-state index contributed by atoms with van der Waals surface area (Å²) in [6.45, 7) is 5.38. The van der Waals surface area contributed by atoms with E-state index in [1.807, 2.05) is 24.1 Å². The van der Waals surface area contributed by atoms with Gasteiger partial charge in [0, 0.05) is 20.0 Å². The molecule has 0 heterocycles. The number of phenolic OH excluding ortho intramolecular Hbond substituents is 1. The fourth-order valence-electron chi connectivity index (χ4n) is 8.49. The highest BCUT2D eigenvalue weighted by molar-refractivity contribution is 5.75. The van der Waals surface area contributed by atoms with Crippen molar-refractivity contribution in [3.63, 3.8) is 0 Å². The Bertz CT molecular complexity index is 1200. The fraction of sp³-hybridized carbons (Fsp3) is 0.595.